The molecule has 6 heteroatoms. The molecule has 0 aliphatic heterocycles. The van der Waals surface area contributed by atoms with Gasteiger partial charge in [-0.1, -0.05) is 63.1 Å². The highest BCUT2D eigenvalue weighted by Crippen LogP contribution is 2.46. The summed E-state index contributed by atoms with van der Waals surface area (Å²) in [6.45, 7) is 4.10. The Balaban J connectivity index is 1.71. The second-order valence-corrected chi connectivity index (χ2v) is 10.5. The van der Waals surface area contributed by atoms with Gasteiger partial charge in [-0.3, -0.25) is 9.59 Å². The number of allylic oxidation sites excluding steroid dienone is 2. The van der Waals surface area contributed by atoms with Crippen LogP contribution in [0.25, 0.3) is 5.57 Å². The van der Waals surface area contributed by atoms with Crippen LogP contribution in [0.4, 0.5) is 17.6 Å². The standard InChI is InChI=1S/C34H34F4O2/c1-3-5-6-9-26(39)16-13-22-8-7-10-28(27(22)4-2)29-17-23(21-11-14-24(35)15-12-21)18-30(29)34(40)33-31(37)19-25(36)20-32(33)38/h7-8,10-12,14-15,18-20,29-30H,3-6,9,13,16-17H2,1-2H3. The van der Waals surface area contributed by atoms with E-state index in [-0.39, 0.29) is 5.78 Å². The number of carbonyl (C=O) groups excluding carboxylic acids is 2. The highest BCUT2D eigenvalue weighted by atomic mass is 19.1. The fourth-order valence-electron chi connectivity index (χ4n) is 5.79. The van der Waals surface area contributed by atoms with Crippen LogP contribution < -0.4 is 0 Å². The summed E-state index contributed by atoms with van der Waals surface area (Å²) in [6, 6.07) is 12.7. The topological polar surface area (TPSA) is 34.1 Å². The molecule has 2 unspecified atom stereocenters. The molecule has 0 amide bonds. The van der Waals surface area contributed by atoms with Crippen LogP contribution in [0.1, 0.15) is 90.9 Å². The third-order valence-electron chi connectivity index (χ3n) is 7.82. The van der Waals surface area contributed by atoms with Crippen LogP contribution in [-0.2, 0) is 17.6 Å². The van der Waals surface area contributed by atoms with Crippen molar-refractivity contribution in [2.75, 3.05) is 0 Å². The maximum Gasteiger partial charge on any atom is 0.176 e. The Bertz CT molecular complexity index is 1380. The van der Waals surface area contributed by atoms with Gasteiger partial charge in [0.1, 0.15) is 29.1 Å². The summed E-state index contributed by atoms with van der Waals surface area (Å²) in [5, 5.41) is 0. The Morgan fingerprint density at radius 1 is 0.850 bits per heavy atom. The SMILES string of the molecule is CCCCCC(=O)CCc1cccc(C2CC(c3ccc(F)cc3)=CC2C(=O)c2c(F)cc(F)cc2F)c1CC. The van der Waals surface area contributed by atoms with Crippen molar-refractivity contribution >= 4 is 17.1 Å². The third-order valence-corrected chi connectivity index (χ3v) is 7.82. The lowest BCUT2D eigenvalue weighted by atomic mass is 9.79. The molecule has 210 valence electrons. The lowest BCUT2D eigenvalue weighted by molar-refractivity contribution is -0.119. The minimum atomic E-state index is -1.24. The van der Waals surface area contributed by atoms with Crippen molar-refractivity contribution in [2.45, 2.75) is 71.1 Å². The second-order valence-electron chi connectivity index (χ2n) is 10.5. The molecule has 3 aromatic carbocycles. The van der Waals surface area contributed by atoms with E-state index < -0.39 is 46.5 Å². The normalized spacial score (nSPS) is 16.7. The third kappa shape index (κ3) is 6.60. The lowest BCUT2D eigenvalue weighted by Crippen LogP contribution is -2.21. The molecule has 0 fully saturated rings. The molecule has 0 N–H and O–H groups in total. The van der Waals surface area contributed by atoms with Gasteiger partial charge in [0.15, 0.2) is 5.78 Å². The van der Waals surface area contributed by atoms with Crippen LogP contribution in [0.5, 0.6) is 0 Å². The van der Waals surface area contributed by atoms with Gasteiger partial charge in [-0.15, -0.1) is 0 Å². The number of ketones is 2. The monoisotopic (exact) mass is 550 g/mol. The van der Waals surface area contributed by atoms with Gasteiger partial charge < -0.3 is 0 Å². The predicted octanol–water partition coefficient (Wildman–Crippen LogP) is 8.96. The van der Waals surface area contributed by atoms with Crippen LogP contribution in [0, 0.1) is 29.2 Å². The summed E-state index contributed by atoms with van der Waals surface area (Å²) in [7, 11) is 0. The molecular formula is C34H34F4O2. The first-order chi connectivity index (χ1) is 19.2. The number of hydrogen-bond donors (Lipinski definition) is 0. The molecule has 0 spiro atoms. The first-order valence-corrected chi connectivity index (χ1v) is 14.0. The van der Waals surface area contributed by atoms with Crippen LogP contribution in [-0.4, -0.2) is 11.6 Å². The molecule has 40 heavy (non-hydrogen) atoms. The van der Waals surface area contributed by atoms with Gasteiger partial charge >= 0.3 is 0 Å². The Hall–Kier alpha value is -3.54. The molecule has 0 heterocycles. The van der Waals surface area contributed by atoms with Gasteiger partial charge in [0.25, 0.3) is 0 Å². The highest BCUT2D eigenvalue weighted by Gasteiger charge is 2.38. The number of carbonyl (C=O) groups is 2. The number of Topliss-reactive ketones (excluding diaryl/α,β-unsaturated/α-hetero) is 2. The lowest BCUT2D eigenvalue weighted by Gasteiger charge is -2.24. The molecule has 1 aliphatic rings. The molecule has 4 rings (SSSR count). The van der Waals surface area contributed by atoms with E-state index in [4.69, 9.17) is 0 Å². The number of hydrogen-bond acceptors (Lipinski definition) is 2. The fourth-order valence-corrected chi connectivity index (χ4v) is 5.79. The number of unbranched alkanes of at least 4 members (excludes halogenated alkanes) is 2. The molecule has 0 radical (unpaired) electrons. The largest absolute Gasteiger partial charge is 0.300 e. The maximum absolute atomic E-state index is 14.7. The molecular weight excluding hydrogens is 516 g/mol. The van der Waals surface area contributed by atoms with Crippen LogP contribution >= 0.6 is 0 Å². The van der Waals surface area contributed by atoms with Crippen LogP contribution in [0.15, 0.2) is 60.7 Å². The van der Waals surface area contributed by atoms with Crippen molar-refractivity contribution in [1.29, 1.82) is 0 Å². The van der Waals surface area contributed by atoms with Crippen molar-refractivity contribution in [1.82, 2.24) is 0 Å². The van der Waals surface area contributed by atoms with E-state index in [2.05, 4.69) is 6.92 Å². The van der Waals surface area contributed by atoms with Gasteiger partial charge in [0, 0.05) is 36.8 Å². The predicted molar refractivity (Wildman–Crippen MR) is 149 cm³/mol. The van der Waals surface area contributed by atoms with E-state index >= 15 is 0 Å². The summed E-state index contributed by atoms with van der Waals surface area (Å²) < 4.78 is 56.6. The van der Waals surface area contributed by atoms with Crippen LogP contribution in [0.2, 0.25) is 0 Å². The van der Waals surface area contributed by atoms with Crippen molar-refractivity contribution in [2.24, 2.45) is 5.92 Å². The molecule has 2 nitrogen and oxygen atoms in total. The second kappa shape index (κ2) is 13.2. The first-order valence-electron chi connectivity index (χ1n) is 14.0. The first kappa shape index (κ1) is 29.4. The van der Waals surface area contributed by atoms with E-state index in [1.165, 1.54) is 12.1 Å². The summed E-state index contributed by atoms with van der Waals surface area (Å²) in [6.07, 6.45) is 7.28. The van der Waals surface area contributed by atoms with E-state index in [9.17, 15) is 27.2 Å². The van der Waals surface area contributed by atoms with Gasteiger partial charge in [0.2, 0.25) is 0 Å². The molecule has 3 aromatic rings. The average Bonchev–Trinajstić information content (AvgIpc) is 3.37. The molecule has 0 saturated heterocycles. The van der Waals surface area contributed by atoms with E-state index in [0.29, 0.717) is 49.8 Å². The van der Waals surface area contributed by atoms with Crippen molar-refractivity contribution in [3.05, 3.63) is 112 Å². The molecule has 1 aliphatic carbocycles. The highest BCUT2D eigenvalue weighted by molar-refractivity contribution is 6.02. The average molecular weight is 551 g/mol. The minimum absolute atomic E-state index is 0.220. The van der Waals surface area contributed by atoms with Crippen LogP contribution in [0.3, 0.4) is 0 Å². The molecule has 2 atom stereocenters. The molecule has 0 aromatic heterocycles. The Morgan fingerprint density at radius 3 is 2.20 bits per heavy atom. The number of halogens is 4. The van der Waals surface area contributed by atoms with Crippen molar-refractivity contribution < 1.29 is 27.2 Å². The van der Waals surface area contributed by atoms with Crippen molar-refractivity contribution in [3.8, 4) is 0 Å². The number of benzene rings is 3. The zero-order chi connectivity index (χ0) is 28.8. The van der Waals surface area contributed by atoms with Gasteiger partial charge in [-0.25, -0.2) is 17.6 Å². The van der Waals surface area contributed by atoms with E-state index in [1.54, 1.807) is 18.2 Å². The number of aryl methyl sites for hydroxylation is 1. The Morgan fingerprint density at radius 2 is 1.55 bits per heavy atom. The van der Waals surface area contributed by atoms with Crippen molar-refractivity contribution in [3.63, 3.8) is 0 Å². The summed E-state index contributed by atoms with van der Waals surface area (Å²) >= 11 is 0. The van der Waals surface area contributed by atoms with Gasteiger partial charge in [0.05, 0.1) is 5.56 Å². The summed E-state index contributed by atoms with van der Waals surface area (Å²) in [5.41, 5.74) is 3.64. The Kier molecular flexibility index (Phi) is 9.72. The zero-order valence-corrected chi connectivity index (χ0v) is 22.9. The number of rotatable bonds is 12. The Labute approximate surface area is 233 Å². The van der Waals surface area contributed by atoms with E-state index in [1.807, 2.05) is 25.1 Å². The van der Waals surface area contributed by atoms with Gasteiger partial charge in [-0.05, 0) is 65.6 Å². The zero-order valence-electron chi connectivity index (χ0n) is 22.9. The molecule has 0 bridgehead atoms. The quantitative estimate of drug-likeness (QED) is 0.128. The van der Waals surface area contributed by atoms with Gasteiger partial charge in [-0.2, -0.15) is 0 Å². The summed E-state index contributed by atoms with van der Waals surface area (Å²) in [4.78, 5) is 26.2. The smallest absolute Gasteiger partial charge is 0.176 e. The fraction of sp³-hybridized carbons (Fsp3) is 0.353. The summed E-state index contributed by atoms with van der Waals surface area (Å²) in [5.74, 6) is -5.87. The molecule has 0 saturated carbocycles. The minimum Gasteiger partial charge on any atom is -0.300 e. The van der Waals surface area contributed by atoms with E-state index in [0.717, 1.165) is 41.5 Å². The maximum atomic E-state index is 14.7.